The summed E-state index contributed by atoms with van der Waals surface area (Å²) < 4.78 is 1.99. The highest BCUT2D eigenvalue weighted by molar-refractivity contribution is 5.36. The Hall–Kier alpha value is -1.91. The van der Waals surface area contributed by atoms with E-state index in [0.29, 0.717) is 12.5 Å². The summed E-state index contributed by atoms with van der Waals surface area (Å²) in [5.74, 6) is 3.04. The topological polar surface area (TPSA) is 55.6 Å². The lowest BCUT2D eigenvalue weighted by molar-refractivity contribution is 0.762. The third kappa shape index (κ3) is 2.85. The van der Waals surface area contributed by atoms with E-state index < -0.39 is 0 Å². The highest BCUT2D eigenvalue weighted by Crippen LogP contribution is 2.14. The number of nitrogens with one attached hydrogen (secondary N) is 1. The lowest BCUT2D eigenvalue weighted by atomic mass is 10.2. The molecule has 96 valence electrons. The first kappa shape index (κ1) is 12.5. The van der Waals surface area contributed by atoms with E-state index >= 15 is 0 Å². The third-order valence-corrected chi connectivity index (χ3v) is 2.74. The molecule has 2 rings (SSSR count). The van der Waals surface area contributed by atoms with Crippen molar-refractivity contribution < 1.29 is 0 Å². The zero-order valence-electron chi connectivity index (χ0n) is 11.3. The maximum atomic E-state index is 4.50. The Labute approximate surface area is 107 Å². The van der Waals surface area contributed by atoms with Crippen molar-refractivity contribution in [2.45, 2.75) is 33.2 Å². The molecule has 18 heavy (non-hydrogen) atoms. The molecule has 0 aromatic carbocycles. The highest BCUT2D eigenvalue weighted by Gasteiger charge is 2.06. The molecule has 0 spiro atoms. The summed E-state index contributed by atoms with van der Waals surface area (Å²) in [4.78, 5) is 13.2. The van der Waals surface area contributed by atoms with Gasteiger partial charge in [0.25, 0.3) is 0 Å². The van der Waals surface area contributed by atoms with E-state index in [9.17, 15) is 0 Å². The van der Waals surface area contributed by atoms with Crippen molar-refractivity contribution in [3.05, 3.63) is 35.8 Å². The number of hydrogen-bond acceptors (Lipinski definition) is 4. The molecule has 2 aromatic heterocycles. The van der Waals surface area contributed by atoms with Crippen molar-refractivity contribution in [2.75, 3.05) is 5.32 Å². The summed E-state index contributed by atoms with van der Waals surface area (Å²) in [5.41, 5.74) is 0.982. The van der Waals surface area contributed by atoms with Gasteiger partial charge in [-0.25, -0.2) is 15.0 Å². The Morgan fingerprint density at radius 3 is 2.72 bits per heavy atom. The van der Waals surface area contributed by atoms with Gasteiger partial charge < -0.3 is 9.88 Å². The van der Waals surface area contributed by atoms with Gasteiger partial charge in [0.1, 0.15) is 17.5 Å². The van der Waals surface area contributed by atoms with Gasteiger partial charge >= 0.3 is 0 Å². The van der Waals surface area contributed by atoms with E-state index in [2.05, 4.69) is 34.1 Å². The molecule has 1 N–H and O–H groups in total. The molecule has 0 amide bonds. The summed E-state index contributed by atoms with van der Waals surface area (Å²) >= 11 is 0. The van der Waals surface area contributed by atoms with Crippen LogP contribution in [0, 0.1) is 6.92 Å². The van der Waals surface area contributed by atoms with Gasteiger partial charge in [-0.1, -0.05) is 13.8 Å². The van der Waals surface area contributed by atoms with E-state index in [1.54, 1.807) is 6.20 Å². The second kappa shape index (κ2) is 5.16. The van der Waals surface area contributed by atoms with Crippen LogP contribution in [0.4, 0.5) is 5.82 Å². The number of aryl methyl sites for hydroxylation is 2. The zero-order chi connectivity index (χ0) is 13.1. The third-order valence-electron chi connectivity index (χ3n) is 2.74. The van der Waals surface area contributed by atoms with Crippen molar-refractivity contribution in [2.24, 2.45) is 7.05 Å². The molecule has 0 fully saturated rings. The van der Waals surface area contributed by atoms with Gasteiger partial charge in [-0.05, 0) is 6.92 Å². The zero-order valence-corrected chi connectivity index (χ0v) is 11.3. The van der Waals surface area contributed by atoms with E-state index in [0.717, 1.165) is 23.2 Å². The molecule has 0 saturated heterocycles. The molecule has 0 radical (unpaired) electrons. The maximum absolute atomic E-state index is 4.50. The molecule has 5 heteroatoms. The Morgan fingerprint density at radius 1 is 1.33 bits per heavy atom. The quantitative estimate of drug-likeness (QED) is 0.897. The van der Waals surface area contributed by atoms with Crippen molar-refractivity contribution in [1.29, 1.82) is 0 Å². The Balaban J connectivity index is 2.12. The molecule has 0 bridgehead atoms. The predicted octanol–water partition coefficient (Wildman–Crippen LogP) is 2.25. The second-order valence-electron chi connectivity index (χ2n) is 4.72. The molecule has 2 aromatic rings. The van der Waals surface area contributed by atoms with Gasteiger partial charge in [0, 0.05) is 37.1 Å². The minimum atomic E-state index is 0.332. The minimum Gasteiger partial charge on any atom is -0.363 e. The fourth-order valence-electron chi connectivity index (χ4n) is 1.68. The normalized spacial score (nSPS) is 10.9. The lowest BCUT2D eigenvalue weighted by Gasteiger charge is -2.10. The molecular weight excluding hydrogens is 226 g/mol. The smallest absolute Gasteiger partial charge is 0.133 e. The largest absolute Gasteiger partial charge is 0.363 e. The Bertz CT molecular complexity index is 530. The van der Waals surface area contributed by atoms with Crippen LogP contribution in [0.15, 0.2) is 18.5 Å². The standard InChI is InChI=1S/C13H19N5/c1-9(2)13-16-10(3)7-11(17-13)15-8-12-14-5-6-18(12)4/h5-7,9H,8H2,1-4H3,(H,15,16,17). The van der Waals surface area contributed by atoms with Gasteiger partial charge in [0.05, 0.1) is 6.54 Å². The molecule has 0 unspecified atom stereocenters. The molecular formula is C13H19N5. The Morgan fingerprint density at radius 2 is 2.11 bits per heavy atom. The molecule has 0 atom stereocenters. The number of hydrogen-bond donors (Lipinski definition) is 1. The van der Waals surface area contributed by atoms with Gasteiger partial charge in [-0.15, -0.1) is 0 Å². The van der Waals surface area contributed by atoms with Crippen molar-refractivity contribution in [1.82, 2.24) is 19.5 Å². The van der Waals surface area contributed by atoms with Crippen LogP contribution in [-0.4, -0.2) is 19.5 Å². The molecule has 0 saturated carbocycles. The minimum absolute atomic E-state index is 0.332. The summed E-state index contributed by atoms with van der Waals surface area (Å²) in [5, 5.41) is 3.29. The summed E-state index contributed by atoms with van der Waals surface area (Å²) in [7, 11) is 1.98. The van der Waals surface area contributed by atoms with Crippen molar-refractivity contribution in [3.8, 4) is 0 Å². The van der Waals surface area contributed by atoms with Gasteiger partial charge in [0.2, 0.25) is 0 Å². The molecule has 0 aliphatic heterocycles. The van der Waals surface area contributed by atoms with Crippen molar-refractivity contribution in [3.63, 3.8) is 0 Å². The summed E-state index contributed by atoms with van der Waals surface area (Å²) in [6.45, 7) is 6.84. The first-order valence-electron chi connectivity index (χ1n) is 6.12. The molecule has 2 heterocycles. The summed E-state index contributed by atoms with van der Waals surface area (Å²) in [6.07, 6.45) is 3.73. The van der Waals surface area contributed by atoms with Crippen LogP contribution in [0.2, 0.25) is 0 Å². The SMILES string of the molecule is Cc1cc(NCc2nccn2C)nc(C(C)C)n1. The van der Waals surface area contributed by atoms with E-state index in [4.69, 9.17) is 0 Å². The van der Waals surface area contributed by atoms with Crippen LogP contribution in [0.25, 0.3) is 0 Å². The van der Waals surface area contributed by atoms with E-state index in [1.165, 1.54) is 0 Å². The van der Waals surface area contributed by atoms with Crippen LogP contribution in [0.5, 0.6) is 0 Å². The van der Waals surface area contributed by atoms with Crippen LogP contribution < -0.4 is 5.32 Å². The molecule has 5 nitrogen and oxygen atoms in total. The highest BCUT2D eigenvalue weighted by atomic mass is 15.1. The van der Waals surface area contributed by atoms with Gasteiger partial charge in [0.15, 0.2) is 0 Å². The number of anilines is 1. The second-order valence-corrected chi connectivity index (χ2v) is 4.72. The fourth-order valence-corrected chi connectivity index (χ4v) is 1.68. The van der Waals surface area contributed by atoms with Crippen LogP contribution in [-0.2, 0) is 13.6 Å². The molecule has 0 aliphatic carbocycles. The number of imidazole rings is 1. The monoisotopic (exact) mass is 245 g/mol. The first-order valence-corrected chi connectivity index (χ1v) is 6.12. The van der Waals surface area contributed by atoms with Gasteiger partial charge in [-0.3, -0.25) is 0 Å². The van der Waals surface area contributed by atoms with E-state index in [-0.39, 0.29) is 0 Å². The van der Waals surface area contributed by atoms with Crippen LogP contribution >= 0.6 is 0 Å². The van der Waals surface area contributed by atoms with Crippen LogP contribution in [0.1, 0.15) is 37.1 Å². The molecule has 0 aliphatic rings. The number of nitrogens with zero attached hydrogens (tertiary/aromatic N) is 4. The van der Waals surface area contributed by atoms with Crippen molar-refractivity contribution >= 4 is 5.82 Å². The maximum Gasteiger partial charge on any atom is 0.133 e. The number of aromatic nitrogens is 4. The average molecular weight is 245 g/mol. The Kier molecular flexibility index (Phi) is 3.60. The van der Waals surface area contributed by atoms with Gasteiger partial charge in [-0.2, -0.15) is 0 Å². The summed E-state index contributed by atoms with van der Waals surface area (Å²) in [6, 6.07) is 1.95. The van der Waals surface area contributed by atoms with E-state index in [1.807, 2.05) is 30.8 Å². The van der Waals surface area contributed by atoms with Crippen LogP contribution in [0.3, 0.4) is 0 Å². The average Bonchev–Trinajstić information content (AvgIpc) is 2.71. The first-order chi connectivity index (χ1) is 8.56. The predicted molar refractivity (Wildman–Crippen MR) is 71.4 cm³/mol. The fraction of sp³-hybridized carbons (Fsp3) is 0.462. The lowest BCUT2D eigenvalue weighted by Crippen LogP contribution is -2.09. The number of rotatable bonds is 4.